The van der Waals surface area contributed by atoms with Crippen molar-refractivity contribution in [3.63, 3.8) is 0 Å². The molecule has 0 radical (unpaired) electrons. The quantitative estimate of drug-likeness (QED) is 0.448. The highest BCUT2D eigenvalue weighted by molar-refractivity contribution is 8.00. The molecule has 10 heteroatoms. The number of nitrogens with zero attached hydrogens (tertiary/aromatic N) is 4. The molecule has 0 saturated heterocycles. The lowest BCUT2D eigenvalue weighted by Gasteiger charge is -2.13. The van der Waals surface area contributed by atoms with Crippen LogP contribution in [0.3, 0.4) is 0 Å². The van der Waals surface area contributed by atoms with Gasteiger partial charge in [-0.05, 0) is 54.8 Å². The number of sulfonamides is 1. The molecule has 1 amide bonds. The van der Waals surface area contributed by atoms with Gasteiger partial charge in [0.1, 0.15) is 0 Å². The minimum absolute atomic E-state index is 0.166. The molecule has 1 N–H and O–H groups in total. The normalized spacial score (nSPS) is 13.0. The van der Waals surface area contributed by atoms with Crippen molar-refractivity contribution < 1.29 is 13.2 Å². The maximum atomic E-state index is 12.7. The second kappa shape index (κ2) is 8.29. The van der Waals surface area contributed by atoms with Gasteiger partial charge in [0, 0.05) is 19.8 Å². The first-order chi connectivity index (χ1) is 14.8. The van der Waals surface area contributed by atoms with E-state index >= 15 is 0 Å². The van der Waals surface area contributed by atoms with E-state index in [1.807, 2.05) is 40.8 Å². The van der Waals surface area contributed by atoms with E-state index in [1.165, 1.54) is 38.0 Å². The van der Waals surface area contributed by atoms with E-state index in [-0.39, 0.29) is 10.8 Å². The number of para-hydroxylation sites is 1. The molecule has 0 aliphatic heterocycles. The SMILES string of the molecule is CC(Sc1nnc2ccc3ccccc3n12)C(=O)Nc1ccc(S(=O)(=O)N(C)C)cc1. The summed E-state index contributed by atoms with van der Waals surface area (Å²) in [5, 5.41) is 12.5. The third-order valence-electron chi connectivity index (χ3n) is 4.80. The molecule has 0 saturated carbocycles. The lowest BCUT2D eigenvalue weighted by Crippen LogP contribution is -2.23. The van der Waals surface area contributed by atoms with Gasteiger partial charge < -0.3 is 5.32 Å². The van der Waals surface area contributed by atoms with Crippen LogP contribution >= 0.6 is 11.8 Å². The molecule has 0 fully saturated rings. The lowest BCUT2D eigenvalue weighted by atomic mass is 10.2. The van der Waals surface area contributed by atoms with Gasteiger partial charge in [0.25, 0.3) is 0 Å². The zero-order valence-electron chi connectivity index (χ0n) is 17.2. The van der Waals surface area contributed by atoms with Gasteiger partial charge in [0.2, 0.25) is 15.9 Å². The lowest BCUT2D eigenvalue weighted by molar-refractivity contribution is -0.115. The summed E-state index contributed by atoms with van der Waals surface area (Å²) in [4.78, 5) is 12.9. The van der Waals surface area contributed by atoms with Crippen molar-refractivity contribution in [1.82, 2.24) is 18.9 Å². The Bertz CT molecular complexity index is 1370. The average Bonchev–Trinajstić information content (AvgIpc) is 3.17. The fourth-order valence-corrected chi connectivity index (χ4v) is 4.83. The summed E-state index contributed by atoms with van der Waals surface area (Å²) in [7, 11) is -0.566. The van der Waals surface area contributed by atoms with E-state index in [0.717, 1.165) is 15.2 Å². The molecule has 160 valence electrons. The highest BCUT2D eigenvalue weighted by Crippen LogP contribution is 2.27. The monoisotopic (exact) mass is 455 g/mol. The van der Waals surface area contributed by atoms with Gasteiger partial charge in [-0.3, -0.25) is 9.20 Å². The molecule has 2 aromatic heterocycles. The van der Waals surface area contributed by atoms with Crippen LogP contribution in [0.5, 0.6) is 0 Å². The predicted octanol–water partition coefficient (Wildman–Crippen LogP) is 3.25. The highest BCUT2D eigenvalue weighted by atomic mass is 32.2. The molecular weight excluding hydrogens is 434 g/mol. The minimum atomic E-state index is -3.51. The highest BCUT2D eigenvalue weighted by Gasteiger charge is 2.20. The average molecular weight is 456 g/mol. The van der Waals surface area contributed by atoms with Crippen LogP contribution in [0, 0.1) is 0 Å². The zero-order chi connectivity index (χ0) is 22.2. The Morgan fingerprint density at radius 3 is 2.45 bits per heavy atom. The fraction of sp³-hybridized carbons (Fsp3) is 0.190. The Hall–Kier alpha value is -2.95. The molecule has 2 aromatic carbocycles. The summed E-state index contributed by atoms with van der Waals surface area (Å²) in [6.45, 7) is 1.79. The number of nitrogens with one attached hydrogen (secondary N) is 1. The van der Waals surface area contributed by atoms with Gasteiger partial charge in [0.15, 0.2) is 10.8 Å². The molecule has 4 rings (SSSR count). The van der Waals surface area contributed by atoms with Gasteiger partial charge in [-0.2, -0.15) is 0 Å². The van der Waals surface area contributed by atoms with Gasteiger partial charge in [-0.15, -0.1) is 10.2 Å². The molecule has 1 unspecified atom stereocenters. The van der Waals surface area contributed by atoms with Crippen molar-refractivity contribution in [2.24, 2.45) is 0 Å². The number of carbonyl (C=O) groups excluding carboxylic acids is 1. The summed E-state index contributed by atoms with van der Waals surface area (Å²) in [6, 6.07) is 17.9. The van der Waals surface area contributed by atoms with Crippen molar-refractivity contribution in [3.05, 3.63) is 60.7 Å². The van der Waals surface area contributed by atoms with E-state index in [2.05, 4.69) is 15.5 Å². The Morgan fingerprint density at radius 1 is 1.03 bits per heavy atom. The fourth-order valence-electron chi connectivity index (χ4n) is 3.07. The number of hydrogen-bond acceptors (Lipinski definition) is 6. The number of thioether (sulfide) groups is 1. The van der Waals surface area contributed by atoms with E-state index in [4.69, 9.17) is 0 Å². The Kier molecular flexibility index (Phi) is 5.69. The molecule has 4 aromatic rings. The number of pyridine rings is 1. The molecule has 8 nitrogen and oxygen atoms in total. The van der Waals surface area contributed by atoms with Gasteiger partial charge in [0.05, 0.1) is 15.7 Å². The Balaban J connectivity index is 1.51. The summed E-state index contributed by atoms with van der Waals surface area (Å²) in [6.07, 6.45) is 0. The Labute approximate surface area is 184 Å². The molecule has 1 atom stereocenters. The van der Waals surface area contributed by atoms with Crippen LogP contribution in [0.15, 0.2) is 70.7 Å². The standard InChI is InChI=1S/C21H21N5O3S2/c1-14(20(27)22-16-9-11-17(12-10-16)31(28,29)25(2)3)30-21-24-23-19-13-8-15-6-4-5-7-18(15)26(19)21/h4-14H,1-3H3,(H,22,27). The van der Waals surface area contributed by atoms with Gasteiger partial charge in [-0.1, -0.05) is 30.0 Å². The summed E-state index contributed by atoms with van der Waals surface area (Å²) >= 11 is 1.31. The maximum absolute atomic E-state index is 12.7. The topological polar surface area (TPSA) is 96.7 Å². The van der Waals surface area contributed by atoms with Crippen LogP contribution in [-0.2, 0) is 14.8 Å². The number of amides is 1. The van der Waals surface area contributed by atoms with E-state index in [9.17, 15) is 13.2 Å². The number of anilines is 1. The number of aromatic nitrogens is 3. The molecule has 0 bridgehead atoms. The van der Waals surface area contributed by atoms with Crippen molar-refractivity contribution >= 4 is 49.9 Å². The molecule has 31 heavy (non-hydrogen) atoms. The smallest absolute Gasteiger partial charge is 0.242 e. The Morgan fingerprint density at radius 2 is 1.74 bits per heavy atom. The molecular formula is C21H21N5O3S2. The summed E-state index contributed by atoms with van der Waals surface area (Å²) in [5.41, 5.74) is 2.20. The van der Waals surface area contributed by atoms with Crippen LogP contribution in [-0.4, -0.2) is 52.6 Å². The second-order valence-electron chi connectivity index (χ2n) is 7.13. The van der Waals surface area contributed by atoms with Crippen LogP contribution in [0.2, 0.25) is 0 Å². The third kappa shape index (κ3) is 4.14. The predicted molar refractivity (Wildman–Crippen MR) is 122 cm³/mol. The van der Waals surface area contributed by atoms with Gasteiger partial charge >= 0.3 is 0 Å². The van der Waals surface area contributed by atoms with Crippen LogP contribution in [0.4, 0.5) is 5.69 Å². The van der Waals surface area contributed by atoms with Crippen LogP contribution in [0.25, 0.3) is 16.6 Å². The molecule has 0 spiro atoms. The minimum Gasteiger partial charge on any atom is -0.325 e. The van der Waals surface area contributed by atoms with E-state index < -0.39 is 15.3 Å². The largest absolute Gasteiger partial charge is 0.325 e. The number of carbonyl (C=O) groups is 1. The second-order valence-corrected chi connectivity index (χ2v) is 10.6. The zero-order valence-corrected chi connectivity index (χ0v) is 18.8. The van der Waals surface area contributed by atoms with Crippen molar-refractivity contribution in [1.29, 1.82) is 0 Å². The van der Waals surface area contributed by atoms with Crippen molar-refractivity contribution in [2.45, 2.75) is 22.2 Å². The number of rotatable bonds is 6. The number of hydrogen-bond donors (Lipinski definition) is 1. The summed E-state index contributed by atoms with van der Waals surface area (Å²) < 4.78 is 27.4. The van der Waals surface area contributed by atoms with E-state index in [1.54, 1.807) is 19.1 Å². The first-order valence-corrected chi connectivity index (χ1v) is 11.8. The third-order valence-corrected chi connectivity index (χ3v) is 7.67. The molecule has 0 aliphatic rings. The number of benzene rings is 2. The number of fused-ring (bicyclic) bond motifs is 3. The molecule has 0 aliphatic carbocycles. The molecule has 2 heterocycles. The summed E-state index contributed by atoms with van der Waals surface area (Å²) in [5.74, 6) is -0.217. The first kappa shape index (κ1) is 21.3. The maximum Gasteiger partial charge on any atom is 0.242 e. The van der Waals surface area contributed by atoms with Crippen LogP contribution in [0.1, 0.15) is 6.92 Å². The first-order valence-electron chi connectivity index (χ1n) is 9.50. The van der Waals surface area contributed by atoms with Crippen molar-refractivity contribution in [2.75, 3.05) is 19.4 Å². The van der Waals surface area contributed by atoms with E-state index in [0.29, 0.717) is 16.5 Å². The van der Waals surface area contributed by atoms with Crippen LogP contribution < -0.4 is 5.32 Å². The van der Waals surface area contributed by atoms with Gasteiger partial charge in [-0.25, -0.2) is 12.7 Å². The van der Waals surface area contributed by atoms with Crippen molar-refractivity contribution in [3.8, 4) is 0 Å².